The predicted molar refractivity (Wildman–Crippen MR) is 105 cm³/mol. The van der Waals surface area contributed by atoms with Gasteiger partial charge in [0, 0.05) is 41.4 Å². The summed E-state index contributed by atoms with van der Waals surface area (Å²) in [7, 11) is 1.56. The highest BCUT2D eigenvalue weighted by molar-refractivity contribution is 9.10. The maximum atomic E-state index is 12.7. The first-order valence-electron chi connectivity index (χ1n) is 8.58. The van der Waals surface area contributed by atoms with E-state index in [1.165, 1.54) is 0 Å². The number of halogens is 1. The number of benzene rings is 1. The summed E-state index contributed by atoms with van der Waals surface area (Å²) in [5, 5.41) is 2.91. The van der Waals surface area contributed by atoms with E-state index in [1.807, 2.05) is 30.7 Å². The molecule has 1 saturated heterocycles. The predicted octanol–water partition coefficient (Wildman–Crippen LogP) is 4.22. The Kier molecular flexibility index (Phi) is 5.36. The van der Waals surface area contributed by atoms with Crippen LogP contribution in [-0.2, 0) is 4.79 Å². The summed E-state index contributed by atoms with van der Waals surface area (Å²) in [5.74, 6) is 0.467. The molecule has 0 bridgehead atoms. The first kappa shape index (κ1) is 18.5. The highest BCUT2D eigenvalue weighted by Gasteiger charge is 2.25. The molecule has 1 N–H and O–H groups in total. The van der Waals surface area contributed by atoms with Crippen LogP contribution in [0.1, 0.15) is 43.2 Å². The highest BCUT2D eigenvalue weighted by Crippen LogP contribution is 2.34. The second-order valence-electron chi connectivity index (χ2n) is 6.53. The maximum Gasteiger partial charge on any atom is 0.272 e. The first-order chi connectivity index (χ1) is 12.4. The van der Waals surface area contributed by atoms with Gasteiger partial charge in [0.1, 0.15) is 11.4 Å². The van der Waals surface area contributed by atoms with Crippen LogP contribution in [0.4, 0.5) is 11.4 Å². The SMILES string of the molecule is COc1cc(NC(=O)c2cc(Br)cn2C(C)C)ccc1N1CCCC1=O. The van der Waals surface area contributed by atoms with Crippen molar-refractivity contribution in [2.24, 2.45) is 0 Å². The molecule has 1 aliphatic heterocycles. The van der Waals surface area contributed by atoms with Gasteiger partial charge >= 0.3 is 0 Å². The topological polar surface area (TPSA) is 63.6 Å². The van der Waals surface area contributed by atoms with Crippen molar-refractivity contribution in [1.82, 2.24) is 4.57 Å². The van der Waals surface area contributed by atoms with E-state index >= 15 is 0 Å². The van der Waals surface area contributed by atoms with Crippen LogP contribution in [0, 0.1) is 0 Å². The van der Waals surface area contributed by atoms with Gasteiger partial charge in [0.05, 0.1) is 12.8 Å². The number of aromatic nitrogens is 1. The van der Waals surface area contributed by atoms with Crippen LogP contribution in [0.5, 0.6) is 5.75 Å². The quantitative estimate of drug-likeness (QED) is 0.788. The highest BCUT2D eigenvalue weighted by atomic mass is 79.9. The Hall–Kier alpha value is -2.28. The van der Waals surface area contributed by atoms with Gasteiger partial charge in [-0.25, -0.2) is 0 Å². The van der Waals surface area contributed by atoms with Crippen molar-refractivity contribution in [3.63, 3.8) is 0 Å². The van der Waals surface area contributed by atoms with Crippen LogP contribution < -0.4 is 15.0 Å². The van der Waals surface area contributed by atoms with Crippen LogP contribution >= 0.6 is 15.9 Å². The third kappa shape index (κ3) is 3.62. The maximum absolute atomic E-state index is 12.7. The molecule has 3 rings (SSSR count). The number of hydrogen-bond acceptors (Lipinski definition) is 3. The molecule has 2 heterocycles. The first-order valence-corrected chi connectivity index (χ1v) is 9.37. The summed E-state index contributed by atoms with van der Waals surface area (Å²) >= 11 is 3.42. The minimum Gasteiger partial charge on any atom is -0.494 e. The van der Waals surface area contributed by atoms with Gasteiger partial charge in [0.15, 0.2) is 0 Å². The van der Waals surface area contributed by atoms with Crippen molar-refractivity contribution in [2.75, 3.05) is 23.9 Å². The number of nitrogens with one attached hydrogen (secondary N) is 1. The average Bonchev–Trinajstić information content (AvgIpc) is 3.20. The lowest BCUT2D eigenvalue weighted by molar-refractivity contribution is -0.117. The van der Waals surface area contributed by atoms with E-state index in [4.69, 9.17) is 4.74 Å². The number of anilines is 2. The molecule has 0 aliphatic carbocycles. The number of hydrogen-bond donors (Lipinski definition) is 1. The number of ether oxygens (including phenoxy) is 1. The Labute approximate surface area is 161 Å². The van der Waals surface area contributed by atoms with Gasteiger partial charge in [-0.3, -0.25) is 9.59 Å². The van der Waals surface area contributed by atoms with Crippen LogP contribution in [0.3, 0.4) is 0 Å². The van der Waals surface area contributed by atoms with E-state index in [0.717, 1.165) is 16.6 Å². The van der Waals surface area contributed by atoms with Crippen molar-refractivity contribution in [2.45, 2.75) is 32.7 Å². The van der Waals surface area contributed by atoms with E-state index < -0.39 is 0 Å². The standard InChI is InChI=1S/C19H22BrN3O3/c1-12(2)23-11-13(20)9-16(23)19(25)21-14-6-7-15(17(10-14)26-3)22-8-4-5-18(22)24/h6-7,9-12H,4-5,8H2,1-3H3,(H,21,25). The van der Waals surface area contributed by atoms with Crippen LogP contribution in [0.25, 0.3) is 0 Å². The minimum atomic E-state index is -0.198. The second kappa shape index (κ2) is 7.53. The molecule has 0 unspecified atom stereocenters. The molecule has 0 spiro atoms. The molecular formula is C19H22BrN3O3. The number of amides is 2. The van der Waals surface area contributed by atoms with E-state index in [1.54, 1.807) is 30.2 Å². The van der Waals surface area contributed by atoms with Gasteiger partial charge in [-0.15, -0.1) is 0 Å². The normalized spacial score (nSPS) is 14.2. The van der Waals surface area contributed by atoms with Gasteiger partial charge < -0.3 is 19.5 Å². The molecule has 1 fully saturated rings. The fraction of sp³-hybridized carbons (Fsp3) is 0.368. The monoisotopic (exact) mass is 419 g/mol. The summed E-state index contributed by atoms with van der Waals surface area (Å²) in [6.45, 7) is 4.74. The Morgan fingerprint density at radius 2 is 2.08 bits per heavy atom. The molecular weight excluding hydrogens is 398 g/mol. The zero-order valence-electron chi connectivity index (χ0n) is 15.1. The Morgan fingerprint density at radius 3 is 2.69 bits per heavy atom. The third-order valence-electron chi connectivity index (χ3n) is 4.41. The smallest absolute Gasteiger partial charge is 0.272 e. The lowest BCUT2D eigenvalue weighted by Gasteiger charge is -2.20. The third-order valence-corrected chi connectivity index (χ3v) is 4.84. The van der Waals surface area contributed by atoms with Gasteiger partial charge in [-0.05, 0) is 54.4 Å². The summed E-state index contributed by atoms with van der Waals surface area (Å²) in [6, 6.07) is 7.31. The second-order valence-corrected chi connectivity index (χ2v) is 7.45. The van der Waals surface area contributed by atoms with Crippen molar-refractivity contribution < 1.29 is 14.3 Å². The lowest BCUT2D eigenvalue weighted by atomic mass is 10.2. The molecule has 138 valence electrons. The molecule has 0 saturated carbocycles. The molecule has 7 heteroatoms. The molecule has 26 heavy (non-hydrogen) atoms. The van der Waals surface area contributed by atoms with Crippen molar-refractivity contribution in [3.8, 4) is 5.75 Å². The van der Waals surface area contributed by atoms with Gasteiger partial charge in [0.25, 0.3) is 5.91 Å². The molecule has 2 aromatic rings. The van der Waals surface area contributed by atoms with Crippen molar-refractivity contribution in [3.05, 3.63) is 40.6 Å². The summed E-state index contributed by atoms with van der Waals surface area (Å²) in [4.78, 5) is 26.4. The lowest BCUT2D eigenvalue weighted by Crippen LogP contribution is -2.24. The zero-order chi connectivity index (χ0) is 18.8. The number of rotatable bonds is 5. The fourth-order valence-corrected chi connectivity index (χ4v) is 3.57. The Balaban J connectivity index is 1.84. The molecule has 0 radical (unpaired) electrons. The van der Waals surface area contributed by atoms with Crippen LogP contribution in [0.2, 0.25) is 0 Å². The number of nitrogens with zero attached hydrogens (tertiary/aromatic N) is 2. The van der Waals surface area contributed by atoms with E-state index in [2.05, 4.69) is 21.2 Å². The van der Waals surface area contributed by atoms with Gasteiger partial charge in [0.2, 0.25) is 5.91 Å². The summed E-state index contributed by atoms with van der Waals surface area (Å²) in [6.07, 6.45) is 3.30. The largest absolute Gasteiger partial charge is 0.494 e. The average molecular weight is 420 g/mol. The van der Waals surface area contributed by atoms with Gasteiger partial charge in [-0.2, -0.15) is 0 Å². The van der Waals surface area contributed by atoms with Crippen LogP contribution in [-0.4, -0.2) is 30.0 Å². The summed E-state index contributed by atoms with van der Waals surface area (Å²) < 4.78 is 8.21. The van der Waals surface area contributed by atoms with Gasteiger partial charge in [-0.1, -0.05) is 0 Å². The van der Waals surface area contributed by atoms with E-state index in [0.29, 0.717) is 30.1 Å². The molecule has 0 atom stereocenters. The zero-order valence-corrected chi connectivity index (χ0v) is 16.7. The number of carbonyl (C=O) groups excluding carboxylic acids is 2. The Bertz CT molecular complexity index is 845. The molecule has 1 aliphatic rings. The minimum absolute atomic E-state index is 0.0969. The Morgan fingerprint density at radius 1 is 1.31 bits per heavy atom. The summed E-state index contributed by atoms with van der Waals surface area (Å²) in [5.41, 5.74) is 1.93. The van der Waals surface area contributed by atoms with E-state index in [9.17, 15) is 9.59 Å². The fourth-order valence-electron chi connectivity index (χ4n) is 3.13. The molecule has 1 aromatic carbocycles. The van der Waals surface area contributed by atoms with Crippen LogP contribution in [0.15, 0.2) is 34.9 Å². The molecule has 6 nitrogen and oxygen atoms in total. The molecule has 2 amide bonds. The van der Waals surface area contributed by atoms with Crippen molar-refractivity contribution >= 4 is 39.1 Å². The molecule has 1 aromatic heterocycles. The van der Waals surface area contributed by atoms with Crippen molar-refractivity contribution in [1.29, 1.82) is 0 Å². The number of methoxy groups -OCH3 is 1. The van der Waals surface area contributed by atoms with E-state index in [-0.39, 0.29) is 17.9 Å². The number of carbonyl (C=O) groups is 2.